The molecule has 0 N–H and O–H groups in total. The molecule has 4 rings (SSSR count). The lowest BCUT2D eigenvalue weighted by Crippen LogP contribution is -2.49. The molecule has 1 aliphatic heterocycles. The molecule has 2 aromatic carbocycles. The third kappa shape index (κ3) is 4.65. The third-order valence-corrected chi connectivity index (χ3v) is 6.21. The summed E-state index contributed by atoms with van der Waals surface area (Å²) in [4.78, 5) is 4.79. The van der Waals surface area contributed by atoms with Gasteiger partial charge in [-0.05, 0) is 55.5 Å². The number of piperazine rings is 1. The number of hydrogen-bond acceptors (Lipinski definition) is 8. The van der Waals surface area contributed by atoms with Gasteiger partial charge in [0.15, 0.2) is 5.82 Å². The summed E-state index contributed by atoms with van der Waals surface area (Å²) in [6, 6.07) is 13.9. The first-order chi connectivity index (χ1) is 16.4. The van der Waals surface area contributed by atoms with E-state index in [0.717, 1.165) is 60.5 Å². The second kappa shape index (κ2) is 9.89. The normalized spacial score (nSPS) is 15.8. The smallest absolute Gasteiger partial charge is 0.173 e. The van der Waals surface area contributed by atoms with Crippen molar-refractivity contribution < 1.29 is 14.2 Å². The van der Waals surface area contributed by atoms with Gasteiger partial charge in [0.2, 0.25) is 0 Å². The zero-order chi connectivity index (χ0) is 24.3. The van der Waals surface area contributed by atoms with Crippen LogP contribution in [-0.4, -0.2) is 72.6 Å². The molecule has 34 heavy (non-hydrogen) atoms. The van der Waals surface area contributed by atoms with E-state index < -0.39 is 0 Å². The minimum absolute atomic E-state index is 0.171. The van der Waals surface area contributed by atoms with Crippen LogP contribution in [-0.2, 0) is 5.54 Å². The molecule has 1 saturated heterocycles. The molecule has 1 fully saturated rings. The van der Waals surface area contributed by atoms with Crippen molar-refractivity contribution in [1.82, 2.24) is 25.1 Å². The highest BCUT2D eigenvalue weighted by Crippen LogP contribution is 2.38. The van der Waals surface area contributed by atoms with E-state index in [1.54, 1.807) is 21.3 Å². The summed E-state index contributed by atoms with van der Waals surface area (Å²) in [5.74, 6) is 3.18. The van der Waals surface area contributed by atoms with Crippen LogP contribution in [0.15, 0.2) is 42.5 Å². The zero-order valence-electron chi connectivity index (χ0n) is 20.9. The van der Waals surface area contributed by atoms with Crippen LogP contribution in [0, 0.1) is 0 Å². The molecule has 0 amide bonds. The van der Waals surface area contributed by atoms with Gasteiger partial charge in [-0.25, -0.2) is 4.68 Å². The molecule has 1 aromatic heterocycles. The molecule has 0 unspecified atom stereocenters. The number of aromatic nitrogens is 4. The largest absolute Gasteiger partial charge is 0.497 e. The number of rotatable bonds is 7. The molecule has 9 nitrogen and oxygen atoms in total. The molecule has 1 aliphatic rings. The van der Waals surface area contributed by atoms with Crippen molar-refractivity contribution in [3.63, 3.8) is 0 Å². The lowest BCUT2D eigenvalue weighted by atomic mass is 10.00. The first kappa shape index (κ1) is 23.8. The van der Waals surface area contributed by atoms with Gasteiger partial charge >= 0.3 is 0 Å². The molecule has 0 bridgehead atoms. The Morgan fingerprint density at radius 3 is 2.21 bits per heavy atom. The summed E-state index contributed by atoms with van der Waals surface area (Å²) in [7, 11) is 5.05. The van der Waals surface area contributed by atoms with Gasteiger partial charge in [-0.3, -0.25) is 4.90 Å². The average molecular weight is 467 g/mol. The quantitative estimate of drug-likeness (QED) is 0.525. The van der Waals surface area contributed by atoms with Gasteiger partial charge in [0, 0.05) is 37.8 Å². The van der Waals surface area contributed by atoms with Crippen LogP contribution in [0.2, 0.25) is 0 Å². The van der Waals surface area contributed by atoms with Crippen molar-refractivity contribution in [2.24, 2.45) is 0 Å². The van der Waals surface area contributed by atoms with Crippen molar-refractivity contribution in [3.8, 4) is 17.2 Å². The Balaban J connectivity index is 1.70. The fraction of sp³-hybridized carbons (Fsp3) is 0.480. The topological polar surface area (TPSA) is 77.8 Å². The highest BCUT2D eigenvalue weighted by atomic mass is 16.5. The zero-order valence-corrected chi connectivity index (χ0v) is 20.9. The third-order valence-electron chi connectivity index (χ3n) is 6.21. The van der Waals surface area contributed by atoms with Crippen molar-refractivity contribution >= 4 is 5.69 Å². The van der Waals surface area contributed by atoms with Crippen molar-refractivity contribution in [1.29, 1.82) is 0 Å². The Hall–Kier alpha value is -3.33. The highest BCUT2D eigenvalue weighted by Gasteiger charge is 2.35. The Bertz CT molecular complexity index is 1100. The van der Waals surface area contributed by atoms with Gasteiger partial charge in [-0.2, -0.15) is 0 Å². The monoisotopic (exact) mass is 466 g/mol. The van der Waals surface area contributed by atoms with E-state index in [-0.39, 0.29) is 11.6 Å². The summed E-state index contributed by atoms with van der Waals surface area (Å²) in [5, 5.41) is 12.9. The maximum Gasteiger partial charge on any atom is 0.173 e. The van der Waals surface area contributed by atoms with Crippen LogP contribution in [0.4, 0.5) is 5.69 Å². The molecule has 0 radical (unpaired) electrons. The lowest BCUT2D eigenvalue weighted by Gasteiger charge is -2.41. The highest BCUT2D eigenvalue weighted by molar-refractivity contribution is 5.58. The van der Waals surface area contributed by atoms with Gasteiger partial charge in [0.1, 0.15) is 23.3 Å². The van der Waals surface area contributed by atoms with Crippen LogP contribution < -0.4 is 19.1 Å². The summed E-state index contributed by atoms with van der Waals surface area (Å²) >= 11 is 0. The Labute approximate surface area is 201 Å². The predicted molar refractivity (Wildman–Crippen MR) is 131 cm³/mol. The lowest BCUT2D eigenvalue weighted by molar-refractivity contribution is 0.188. The van der Waals surface area contributed by atoms with Crippen molar-refractivity contribution in [2.45, 2.75) is 32.4 Å². The number of para-hydroxylation sites is 2. The number of hydrogen-bond donors (Lipinski definition) is 0. The molecule has 0 aliphatic carbocycles. The number of methoxy groups -OCH3 is 3. The Morgan fingerprint density at radius 2 is 1.56 bits per heavy atom. The van der Waals surface area contributed by atoms with Crippen LogP contribution in [0.25, 0.3) is 0 Å². The summed E-state index contributed by atoms with van der Waals surface area (Å²) < 4.78 is 18.7. The van der Waals surface area contributed by atoms with E-state index in [0.29, 0.717) is 0 Å². The predicted octanol–water partition coefficient (Wildman–Crippen LogP) is 3.37. The van der Waals surface area contributed by atoms with Gasteiger partial charge in [-0.15, -0.1) is 5.10 Å². The van der Waals surface area contributed by atoms with Gasteiger partial charge in [0.05, 0.1) is 32.6 Å². The molecule has 0 spiro atoms. The number of tetrazole rings is 1. The first-order valence-electron chi connectivity index (χ1n) is 11.5. The molecular formula is C25H34N6O3. The first-order valence-corrected chi connectivity index (χ1v) is 11.5. The molecule has 2 heterocycles. The molecule has 1 atom stereocenters. The maximum atomic E-state index is 5.79. The fourth-order valence-electron chi connectivity index (χ4n) is 4.50. The van der Waals surface area contributed by atoms with E-state index >= 15 is 0 Å². The second-order valence-electron chi connectivity index (χ2n) is 9.32. The van der Waals surface area contributed by atoms with Crippen LogP contribution in [0.3, 0.4) is 0 Å². The fourth-order valence-corrected chi connectivity index (χ4v) is 4.50. The van der Waals surface area contributed by atoms with E-state index in [9.17, 15) is 0 Å². The number of ether oxygens (including phenoxy) is 3. The average Bonchev–Trinajstić information content (AvgIpc) is 3.35. The summed E-state index contributed by atoms with van der Waals surface area (Å²) in [6.45, 7) is 9.68. The molecule has 0 saturated carbocycles. The van der Waals surface area contributed by atoms with Gasteiger partial charge < -0.3 is 19.1 Å². The molecule has 3 aromatic rings. The second-order valence-corrected chi connectivity index (χ2v) is 9.32. The number of benzene rings is 2. The number of nitrogens with zero attached hydrogens (tertiary/aromatic N) is 6. The molecule has 182 valence electrons. The van der Waals surface area contributed by atoms with E-state index in [1.165, 1.54) is 0 Å². The van der Waals surface area contributed by atoms with E-state index in [4.69, 9.17) is 14.2 Å². The minimum Gasteiger partial charge on any atom is -0.497 e. The van der Waals surface area contributed by atoms with E-state index in [2.05, 4.69) is 58.2 Å². The summed E-state index contributed by atoms with van der Waals surface area (Å²) in [5.41, 5.74) is 1.85. The van der Waals surface area contributed by atoms with Crippen LogP contribution in [0.5, 0.6) is 17.2 Å². The SMILES string of the molecule is COc1ccc([C@H](c2nnnn2C(C)(C)C)N2CCN(c3ccccc3OC)CC2)c(OC)c1. The Morgan fingerprint density at radius 1 is 0.853 bits per heavy atom. The number of anilines is 1. The van der Waals surface area contributed by atoms with E-state index in [1.807, 2.05) is 35.0 Å². The minimum atomic E-state index is -0.268. The van der Waals surface area contributed by atoms with Crippen molar-refractivity contribution in [3.05, 3.63) is 53.9 Å². The van der Waals surface area contributed by atoms with Gasteiger partial charge in [0.25, 0.3) is 0 Å². The van der Waals surface area contributed by atoms with Crippen molar-refractivity contribution in [2.75, 3.05) is 52.4 Å². The van der Waals surface area contributed by atoms with Crippen LogP contribution in [0.1, 0.15) is 38.2 Å². The van der Waals surface area contributed by atoms with Crippen LogP contribution >= 0.6 is 0 Å². The standard InChI is InChI=1S/C25H34N6O3/c1-25(2,3)31-24(26-27-28-31)23(19-12-11-18(32-4)17-22(19)34-6)30-15-13-29(14-16-30)20-9-7-8-10-21(20)33-5/h7-12,17,23H,13-16H2,1-6H3/t23-/m1/s1. The summed E-state index contributed by atoms with van der Waals surface area (Å²) in [6.07, 6.45) is 0. The Kier molecular flexibility index (Phi) is 6.92. The maximum absolute atomic E-state index is 5.79. The van der Waals surface area contributed by atoms with Gasteiger partial charge in [-0.1, -0.05) is 12.1 Å². The molecule has 9 heteroatoms. The molecular weight excluding hydrogens is 432 g/mol.